The first kappa shape index (κ1) is 28.7. The largest absolute Gasteiger partial charge is 0.494 e. The third kappa shape index (κ3) is 7.59. The zero-order valence-corrected chi connectivity index (χ0v) is 22.0. The Hall–Kier alpha value is -4.82. The van der Waals surface area contributed by atoms with E-state index in [1.807, 2.05) is 24.3 Å². The van der Waals surface area contributed by atoms with Crippen LogP contribution in [0.1, 0.15) is 21.7 Å². The Kier molecular flexibility index (Phi) is 10.1. The van der Waals surface area contributed by atoms with Crippen molar-refractivity contribution in [3.63, 3.8) is 0 Å². The van der Waals surface area contributed by atoms with Gasteiger partial charge < -0.3 is 30.9 Å². The Balaban J connectivity index is 0.00000134. The topological polar surface area (TPSA) is 192 Å². The highest BCUT2D eigenvalue weighted by atomic mass is 35.5. The molecule has 4 aromatic rings. The number of hydrogen-bond acceptors (Lipinski definition) is 11. The number of carbonyl (C=O) groups is 2. The van der Waals surface area contributed by atoms with Gasteiger partial charge in [0.25, 0.3) is 12.4 Å². The summed E-state index contributed by atoms with van der Waals surface area (Å²) in [6, 6.07) is 10.6. The van der Waals surface area contributed by atoms with Crippen molar-refractivity contribution < 1.29 is 24.2 Å². The second kappa shape index (κ2) is 13.6. The third-order valence-corrected chi connectivity index (χ3v) is 5.20. The van der Waals surface area contributed by atoms with Crippen molar-refractivity contribution in [3.05, 3.63) is 64.8 Å². The summed E-state index contributed by atoms with van der Waals surface area (Å²) >= 11 is 6.07. The molecule has 204 valence electrons. The molecular formula is C24H26ClN9O5. The monoisotopic (exact) mass is 555 g/mol. The Morgan fingerprint density at radius 2 is 1.97 bits per heavy atom. The maximum Gasteiger partial charge on any atom is 0.290 e. The number of halogens is 1. The average Bonchev–Trinajstić information content (AvgIpc) is 3.35. The van der Waals surface area contributed by atoms with E-state index in [-0.39, 0.29) is 30.5 Å². The van der Waals surface area contributed by atoms with E-state index in [1.54, 1.807) is 24.1 Å². The highest BCUT2D eigenvalue weighted by Crippen LogP contribution is 2.38. The van der Waals surface area contributed by atoms with Crippen LogP contribution in [0.3, 0.4) is 0 Å². The fourth-order valence-electron chi connectivity index (χ4n) is 3.46. The van der Waals surface area contributed by atoms with Crippen LogP contribution in [0.15, 0.2) is 42.7 Å². The molecule has 3 aromatic heterocycles. The van der Waals surface area contributed by atoms with Crippen LogP contribution in [0.4, 0.5) is 17.2 Å². The number of carbonyl (C=O) groups excluding carboxylic acids is 1. The molecule has 0 spiro atoms. The van der Waals surface area contributed by atoms with E-state index in [9.17, 15) is 4.79 Å². The number of rotatable bonds is 9. The zero-order chi connectivity index (χ0) is 28.4. The molecule has 0 saturated heterocycles. The van der Waals surface area contributed by atoms with Gasteiger partial charge in [0.15, 0.2) is 22.4 Å². The van der Waals surface area contributed by atoms with Crippen LogP contribution < -0.4 is 21.1 Å². The first-order chi connectivity index (χ1) is 18.8. The van der Waals surface area contributed by atoms with Crippen molar-refractivity contribution in [1.82, 2.24) is 35.3 Å². The Labute approximate surface area is 228 Å². The average molecular weight is 556 g/mol. The molecule has 4 rings (SSSR count). The quantitative estimate of drug-likeness (QED) is 0.221. The molecule has 0 aliphatic carbocycles. The van der Waals surface area contributed by atoms with Gasteiger partial charge in [-0.1, -0.05) is 17.7 Å². The smallest absolute Gasteiger partial charge is 0.290 e. The van der Waals surface area contributed by atoms with Gasteiger partial charge in [0.1, 0.15) is 12.1 Å². The number of amides is 1. The number of nitrogen functional groups attached to an aromatic ring is 1. The lowest BCUT2D eigenvalue weighted by atomic mass is 10.1. The van der Waals surface area contributed by atoms with Crippen molar-refractivity contribution in [1.29, 1.82) is 0 Å². The lowest BCUT2D eigenvalue weighted by molar-refractivity contribution is -0.122. The number of anilines is 3. The molecule has 1 amide bonds. The third-order valence-electron chi connectivity index (χ3n) is 5.02. The van der Waals surface area contributed by atoms with Gasteiger partial charge in [-0.05, 0) is 29.8 Å². The van der Waals surface area contributed by atoms with Gasteiger partial charge in [-0.3, -0.25) is 14.3 Å². The fourth-order valence-corrected chi connectivity index (χ4v) is 3.61. The molecule has 0 aliphatic rings. The molecule has 0 bridgehead atoms. The molecule has 5 N–H and O–H groups in total. The molecule has 3 heterocycles. The van der Waals surface area contributed by atoms with E-state index in [4.69, 9.17) is 36.7 Å². The number of aryl methyl sites for hydroxylation is 1. The van der Waals surface area contributed by atoms with Crippen LogP contribution in [0.2, 0.25) is 5.15 Å². The number of pyridine rings is 1. The lowest BCUT2D eigenvalue weighted by Gasteiger charge is -2.17. The van der Waals surface area contributed by atoms with E-state index in [1.165, 1.54) is 20.2 Å². The lowest BCUT2D eigenvalue weighted by Crippen LogP contribution is -2.21. The normalized spacial score (nSPS) is 10.3. The van der Waals surface area contributed by atoms with Gasteiger partial charge >= 0.3 is 0 Å². The highest BCUT2D eigenvalue weighted by molar-refractivity contribution is 6.29. The van der Waals surface area contributed by atoms with Crippen LogP contribution in [0, 0.1) is 0 Å². The summed E-state index contributed by atoms with van der Waals surface area (Å²) in [6.45, 7) is 0.258. The number of ether oxygens (including phenoxy) is 2. The number of carboxylic acid groups (broad SMARTS) is 1. The van der Waals surface area contributed by atoms with Crippen LogP contribution in [-0.2, 0) is 29.8 Å². The standard InChI is InChI=1S/C23H24ClN9O3.CH2O2/c1-26-23(34)20-16(9-18(24)30-31-20)29-17-8-13(10-36-11-14-5-4-6-19(25)28-14)7-15(21(17)35-3)22-27-12-33(2)32-22;2-1-3/h4-9,12H,10-11H2,1-3H3,(H2,25,28)(H,26,34)(H,29,30);1H,(H,2,3). The van der Waals surface area contributed by atoms with Gasteiger partial charge in [-0.2, -0.15) is 5.10 Å². The number of aromatic nitrogens is 6. The number of hydrogen-bond donors (Lipinski definition) is 4. The van der Waals surface area contributed by atoms with Gasteiger partial charge in [0, 0.05) is 20.2 Å². The second-order valence-corrected chi connectivity index (χ2v) is 8.14. The Morgan fingerprint density at radius 3 is 2.62 bits per heavy atom. The molecular weight excluding hydrogens is 530 g/mol. The molecule has 0 radical (unpaired) electrons. The molecule has 0 aliphatic heterocycles. The summed E-state index contributed by atoms with van der Waals surface area (Å²) < 4.78 is 13.2. The number of benzene rings is 1. The first-order valence-corrected chi connectivity index (χ1v) is 11.6. The summed E-state index contributed by atoms with van der Waals surface area (Å²) in [4.78, 5) is 29.3. The predicted octanol–water partition coefficient (Wildman–Crippen LogP) is 2.43. The zero-order valence-electron chi connectivity index (χ0n) is 21.3. The van der Waals surface area contributed by atoms with Crippen molar-refractivity contribution in [2.45, 2.75) is 13.2 Å². The van der Waals surface area contributed by atoms with Crippen molar-refractivity contribution >= 4 is 41.2 Å². The van der Waals surface area contributed by atoms with Gasteiger partial charge in [-0.25, -0.2) is 9.97 Å². The highest BCUT2D eigenvalue weighted by Gasteiger charge is 2.20. The second-order valence-electron chi connectivity index (χ2n) is 7.75. The van der Waals surface area contributed by atoms with Crippen LogP contribution in [0.25, 0.3) is 11.4 Å². The van der Waals surface area contributed by atoms with Crippen molar-refractivity contribution in [2.24, 2.45) is 7.05 Å². The first-order valence-electron chi connectivity index (χ1n) is 11.3. The van der Waals surface area contributed by atoms with Crippen LogP contribution in [0.5, 0.6) is 5.75 Å². The molecule has 0 saturated carbocycles. The summed E-state index contributed by atoms with van der Waals surface area (Å²) in [7, 11) is 4.81. The number of nitrogens with zero attached hydrogens (tertiary/aromatic N) is 6. The fraction of sp³-hybridized carbons (Fsp3) is 0.208. The predicted molar refractivity (Wildman–Crippen MR) is 143 cm³/mol. The van der Waals surface area contributed by atoms with E-state index >= 15 is 0 Å². The molecule has 0 fully saturated rings. The van der Waals surface area contributed by atoms with Crippen LogP contribution >= 0.6 is 11.6 Å². The van der Waals surface area contributed by atoms with Gasteiger partial charge in [-0.15, -0.1) is 10.2 Å². The molecule has 15 heteroatoms. The minimum absolute atomic E-state index is 0.0656. The minimum atomic E-state index is -0.429. The van der Waals surface area contributed by atoms with Gasteiger partial charge in [0.05, 0.1) is 43.0 Å². The van der Waals surface area contributed by atoms with Crippen molar-refractivity contribution in [3.8, 4) is 17.1 Å². The summed E-state index contributed by atoms with van der Waals surface area (Å²) in [5.74, 6) is 0.904. The van der Waals surface area contributed by atoms with E-state index in [2.05, 4.69) is 35.9 Å². The van der Waals surface area contributed by atoms with E-state index in [0.717, 1.165) is 5.56 Å². The molecule has 1 aromatic carbocycles. The molecule has 0 unspecified atom stereocenters. The SMILES string of the molecule is CNC(=O)c1nnc(Cl)cc1Nc1cc(COCc2cccc(N)n2)cc(-c2ncn(C)n2)c1OC.O=CO. The minimum Gasteiger partial charge on any atom is -0.494 e. The van der Waals surface area contributed by atoms with E-state index < -0.39 is 5.91 Å². The van der Waals surface area contributed by atoms with Crippen LogP contribution in [-0.4, -0.2) is 61.6 Å². The van der Waals surface area contributed by atoms with Crippen molar-refractivity contribution in [2.75, 3.05) is 25.2 Å². The maximum absolute atomic E-state index is 12.4. The van der Waals surface area contributed by atoms with E-state index in [0.29, 0.717) is 40.0 Å². The number of nitrogens with two attached hydrogens (primary N) is 1. The molecule has 14 nitrogen and oxygen atoms in total. The summed E-state index contributed by atoms with van der Waals surface area (Å²) in [5.41, 5.74) is 8.81. The summed E-state index contributed by atoms with van der Waals surface area (Å²) in [6.07, 6.45) is 1.59. The molecule has 39 heavy (non-hydrogen) atoms. The number of methoxy groups -OCH3 is 1. The maximum atomic E-state index is 12.4. The van der Waals surface area contributed by atoms with Gasteiger partial charge in [0.2, 0.25) is 0 Å². The summed E-state index contributed by atoms with van der Waals surface area (Å²) in [5, 5.41) is 24.9. The molecule has 0 atom stereocenters. The number of nitrogens with one attached hydrogen (secondary N) is 2. The Bertz CT molecular complexity index is 1450. The Morgan fingerprint density at radius 1 is 1.21 bits per heavy atom.